The van der Waals surface area contributed by atoms with Crippen LogP contribution < -0.4 is 4.74 Å². The number of likely N-dealkylation sites (tertiary alicyclic amines) is 1. The molecule has 0 bridgehead atoms. The minimum atomic E-state index is -0.254. The average molecular weight is 349 g/mol. The van der Waals surface area contributed by atoms with Gasteiger partial charge in [-0.2, -0.15) is 0 Å². The molecule has 0 aliphatic carbocycles. The van der Waals surface area contributed by atoms with Gasteiger partial charge < -0.3 is 14.2 Å². The fraction of sp³-hybridized carbons (Fsp3) is 0.333. The molecule has 1 amide bonds. The number of para-hydroxylation sites is 3. The predicted molar refractivity (Wildman–Crippen MR) is 101 cm³/mol. The molecule has 1 fully saturated rings. The molecule has 5 heteroatoms. The van der Waals surface area contributed by atoms with Crippen LogP contribution in [0.5, 0.6) is 5.75 Å². The van der Waals surface area contributed by atoms with Gasteiger partial charge in [0.05, 0.1) is 11.0 Å². The highest BCUT2D eigenvalue weighted by molar-refractivity contribution is 5.81. The van der Waals surface area contributed by atoms with Gasteiger partial charge in [0.15, 0.2) is 11.9 Å². The molecule has 1 saturated heterocycles. The number of nitrogens with zero attached hydrogens (tertiary/aromatic N) is 3. The van der Waals surface area contributed by atoms with Crippen molar-refractivity contribution in [3.63, 3.8) is 0 Å². The number of hydrogen-bond donors (Lipinski definition) is 0. The largest absolute Gasteiger partial charge is 0.483 e. The van der Waals surface area contributed by atoms with Crippen LogP contribution >= 0.6 is 0 Å². The highest BCUT2D eigenvalue weighted by atomic mass is 16.5. The fourth-order valence-corrected chi connectivity index (χ4v) is 3.53. The van der Waals surface area contributed by atoms with Crippen LogP contribution in [0.1, 0.15) is 31.7 Å². The second-order valence-electron chi connectivity index (χ2n) is 6.71. The van der Waals surface area contributed by atoms with Gasteiger partial charge in [-0.25, -0.2) is 4.98 Å². The number of benzene rings is 2. The van der Waals surface area contributed by atoms with E-state index in [2.05, 4.69) is 0 Å². The molecule has 26 heavy (non-hydrogen) atoms. The van der Waals surface area contributed by atoms with Gasteiger partial charge in [0.2, 0.25) is 5.91 Å². The van der Waals surface area contributed by atoms with Gasteiger partial charge in [0.1, 0.15) is 12.3 Å². The first-order valence-corrected chi connectivity index (χ1v) is 9.17. The third-order valence-electron chi connectivity index (χ3n) is 4.86. The topological polar surface area (TPSA) is 47.4 Å². The van der Waals surface area contributed by atoms with Crippen molar-refractivity contribution in [1.82, 2.24) is 14.5 Å². The van der Waals surface area contributed by atoms with Gasteiger partial charge in [-0.15, -0.1) is 0 Å². The van der Waals surface area contributed by atoms with Gasteiger partial charge >= 0.3 is 0 Å². The smallest absolute Gasteiger partial charge is 0.242 e. The molecular formula is C21H23N3O2. The summed E-state index contributed by atoms with van der Waals surface area (Å²) in [5.41, 5.74) is 1.86. The molecule has 1 aliphatic heterocycles. The minimum Gasteiger partial charge on any atom is -0.483 e. The highest BCUT2D eigenvalue weighted by Gasteiger charge is 2.23. The Balaban J connectivity index is 1.65. The van der Waals surface area contributed by atoms with Crippen molar-refractivity contribution >= 4 is 16.9 Å². The van der Waals surface area contributed by atoms with Crippen molar-refractivity contribution in [2.24, 2.45) is 0 Å². The Kier molecular flexibility index (Phi) is 4.61. The predicted octanol–water partition coefficient (Wildman–Crippen LogP) is 3.80. The quantitative estimate of drug-likeness (QED) is 0.704. The normalized spacial score (nSPS) is 15.3. The molecule has 134 valence electrons. The van der Waals surface area contributed by atoms with E-state index in [1.165, 1.54) is 0 Å². The van der Waals surface area contributed by atoms with Crippen molar-refractivity contribution in [3.05, 3.63) is 60.4 Å². The second-order valence-corrected chi connectivity index (χ2v) is 6.71. The van der Waals surface area contributed by atoms with Crippen LogP contribution in [0, 0.1) is 0 Å². The maximum absolute atomic E-state index is 12.7. The van der Waals surface area contributed by atoms with Crippen molar-refractivity contribution < 1.29 is 9.53 Å². The number of aromatic nitrogens is 2. The zero-order chi connectivity index (χ0) is 17.9. The SMILES string of the molecule is CC(Oc1ccccc1)c1nc2ccccc2n1CC(=O)N1CCCC1. The van der Waals surface area contributed by atoms with E-state index in [1.807, 2.05) is 71.0 Å². The lowest BCUT2D eigenvalue weighted by molar-refractivity contribution is -0.130. The Morgan fingerprint density at radius 1 is 1.08 bits per heavy atom. The average Bonchev–Trinajstić information content (AvgIpc) is 3.31. The summed E-state index contributed by atoms with van der Waals surface area (Å²) in [6.45, 7) is 4.00. The molecule has 0 saturated carbocycles. The molecule has 1 atom stereocenters. The molecule has 1 unspecified atom stereocenters. The number of carbonyl (C=O) groups excluding carboxylic acids is 1. The fourth-order valence-electron chi connectivity index (χ4n) is 3.53. The van der Waals surface area contributed by atoms with Gasteiger partial charge in [-0.05, 0) is 44.0 Å². The van der Waals surface area contributed by atoms with Crippen LogP contribution in [0.2, 0.25) is 0 Å². The first-order valence-electron chi connectivity index (χ1n) is 9.17. The van der Waals surface area contributed by atoms with E-state index in [9.17, 15) is 4.79 Å². The molecule has 2 aromatic carbocycles. The molecule has 0 spiro atoms. The van der Waals surface area contributed by atoms with Gasteiger partial charge in [-0.3, -0.25) is 4.79 Å². The van der Waals surface area contributed by atoms with Crippen LogP contribution in [-0.2, 0) is 11.3 Å². The van der Waals surface area contributed by atoms with Crippen LogP contribution in [0.4, 0.5) is 0 Å². The maximum atomic E-state index is 12.7. The zero-order valence-corrected chi connectivity index (χ0v) is 15.0. The Labute approximate surface area is 153 Å². The Hall–Kier alpha value is -2.82. The first kappa shape index (κ1) is 16.6. The van der Waals surface area contributed by atoms with Crippen LogP contribution in [0.3, 0.4) is 0 Å². The number of hydrogen-bond acceptors (Lipinski definition) is 3. The van der Waals surface area contributed by atoms with Crippen molar-refractivity contribution in [2.45, 2.75) is 32.4 Å². The van der Waals surface area contributed by atoms with Gasteiger partial charge in [-0.1, -0.05) is 30.3 Å². The monoisotopic (exact) mass is 349 g/mol. The summed E-state index contributed by atoms with van der Waals surface area (Å²) in [4.78, 5) is 19.4. The van der Waals surface area contributed by atoms with Gasteiger partial charge in [0.25, 0.3) is 0 Å². The molecular weight excluding hydrogens is 326 g/mol. The molecule has 0 N–H and O–H groups in total. The lowest BCUT2D eigenvalue weighted by atomic mass is 10.3. The Morgan fingerprint density at radius 3 is 2.54 bits per heavy atom. The highest BCUT2D eigenvalue weighted by Crippen LogP contribution is 2.25. The number of carbonyl (C=O) groups is 1. The Morgan fingerprint density at radius 2 is 1.77 bits per heavy atom. The van der Waals surface area contributed by atoms with Crippen LogP contribution in [0.25, 0.3) is 11.0 Å². The number of fused-ring (bicyclic) bond motifs is 1. The molecule has 0 radical (unpaired) electrons. The molecule has 4 rings (SSSR count). The maximum Gasteiger partial charge on any atom is 0.242 e. The van der Waals surface area contributed by atoms with E-state index in [1.54, 1.807) is 0 Å². The van der Waals surface area contributed by atoms with Crippen LogP contribution in [-0.4, -0.2) is 33.4 Å². The number of ether oxygens (including phenoxy) is 1. The molecule has 1 aliphatic rings. The summed E-state index contributed by atoms with van der Waals surface area (Å²) in [7, 11) is 0. The first-order chi connectivity index (χ1) is 12.7. The van der Waals surface area contributed by atoms with Crippen molar-refractivity contribution in [2.75, 3.05) is 13.1 Å². The third-order valence-corrected chi connectivity index (χ3v) is 4.86. The van der Waals surface area contributed by atoms with Gasteiger partial charge in [0, 0.05) is 13.1 Å². The zero-order valence-electron chi connectivity index (χ0n) is 15.0. The lowest BCUT2D eigenvalue weighted by Crippen LogP contribution is -2.31. The molecule has 5 nitrogen and oxygen atoms in total. The minimum absolute atomic E-state index is 0.152. The van der Waals surface area contributed by atoms with E-state index in [0.29, 0.717) is 6.54 Å². The van der Waals surface area contributed by atoms with Crippen molar-refractivity contribution in [3.8, 4) is 5.75 Å². The summed E-state index contributed by atoms with van der Waals surface area (Å²) in [5.74, 6) is 1.73. The molecule has 1 aromatic heterocycles. The second kappa shape index (κ2) is 7.20. The summed E-state index contributed by atoms with van der Waals surface area (Å²) in [6.07, 6.45) is 1.93. The number of imidazole rings is 1. The summed E-state index contributed by atoms with van der Waals surface area (Å²) in [6, 6.07) is 17.6. The summed E-state index contributed by atoms with van der Waals surface area (Å²) >= 11 is 0. The lowest BCUT2D eigenvalue weighted by Gasteiger charge is -2.19. The third kappa shape index (κ3) is 3.29. The number of amides is 1. The standard InChI is InChI=1S/C21H23N3O2/c1-16(26-17-9-3-2-4-10-17)21-22-18-11-5-6-12-19(18)24(21)15-20(25)23-13-7-8-14-23/h2-6,9-12,16H,7-8,13-15H2,1H3. The van der Waals surface area contributed by atoms with Crippen LogP contribution in [0.15, 0.2) is 54.6 Å². The van der Waals surface area contributed by atoms with E-state index in [4.69, 9.17) is 9.72 Å². The van der Waals surface area contributed by atoms with E-state index >= 15 is 0 Å². The van der Waals surface area contributed by atoms with E-state index in [0.717, 1.165) is 48.5 Å². The van der Waals surface area contributed by atoms with E-state index < -0.39 is 0 Å². The van der Waals surface area contributed by atoms with Crippen molar-refractivity contribution in [1.29, 1.82) is 0 Å². The number of rotatable bonds is 5. The Bertz CT molecular complexity index is 898. The molecule has 3 aromatic rings. The summed E-state index contributed by atoms with van der Waals surface area (Å²) in [5, 5.41) is 0. The summed E-state index contributed by atoms with van der Waals surface area (Å²) < 4.78 is 8.07. The van der Waals surface area contributed by atoms with E-state index in [-0.39, 0.29) is 12.0 Å². The molecule has 2 heterocycles.